The lowest BCUT2D eigenvalue weighted by Crippen LogP contribution is -2.38. The van der Waals surface area contributed by atoms with Gasteiger partial charge in [0.05, 0.1) is 23.3 Å². The van der Waals surface area contributed by atoms with E-state index in [0.717, 1.165) is 0 Å². The molecule has 0 aliphatic heterocycles. The van der Waals surface area contributed by atoms with Crippen LogP contribution in [0.1, 0.15) is 13.3 Å². The minimum atomic E-state index is -3.43. The second-order valence-corrected chi connectivity index (χ2v) is 6.53. The molecule has 1 amide bonds. The molecule has 0 saturated heterocycles. The number of aliphatic hydroxyl groups excluding tert-OH is 1. The summed E-state index contributed by atoms with van der Waals surface area (Å²) in [5.74, 6) is -0.515. The van der Waals surface area contributed by atoms with E-state index in [1.54, 1.807) is 32.2 Å². The van der Waals surface area contributed by atoms with E-state index in [1.165, 1.54) is 17.0 Å². The van der Waals surface area contributed by atoms with Crippen molar-refractivity contribution in [3.8, 4) is 0 Å². The van der Waals surface area contributed by atoms with E-state index in [4.69, 9.17) is 5.11 Å². The molecule has 0 aliphatic carbocycles. The Morgan fingerprint density at radius 2 is 1.89 bits per heavy atom. The number of carbonyl (C=O) groups is 1. The summed E-state index contributed by atoms with van der Waals surface area (Å²) in [5, 5.41) is 8.95. The van der Waals surface area contributed by atoms with Crippen LogP contribution in [0.15, 0.2) is 35.2 Å². The number of sulfone groups is 1. The van der Waals surface area contributed by atoms with E-state index >= 15 is 0 Å². The molecule has 0 bridgehead atoms. The molecule has 0 aromatic heterocycles. The zero-order valence-electron chi connectivity index (χ0n) is 11.1. The molecule has 106 valence electrons. The van der Waals surface area contributed by atoms with Crippen LogP contribution in [0.4, 0.5) is 0 Å². The van der Waals surface area contributed by atoms with Crippen molar-refractivity contribution in [3.05, 3.63) is 30.3 Å². The van der Waals surface area contributed by atoms with Crippen LogP contribution in [-0.2, 0) is 14.6 Å². The fourth-order valence-electron chi connectivity index (χ4n) is 1.51. The average Bonchev–Trinajstić information content (AvgIpc) is 2.44. The first-order valence-corrected chi connectivity index (χ1v) is 7.68. The van der Waals surface area contributed by atoms with Crippen molar-refractivity contribution in [1.82, 2.24) is 4.90 Å². The Morgan fingerprint density at radius 1 is 1.32 bits per heavy atom. The fourth-order valence-corrected chi connectivity index (χ4v) is 2.76. The third-order valence-electron chi connectivity index (χ3n) is 3.01. The van der Waals surface area contributed by atoms with Crippen molar-refractivity contribution in [2.24, 2.45) is 0 Å². The van der Waals surface area contributed by atoms with Crippen molar-refractivity contribution in [2.45, 2.75) is 24.3 Å². The summed E-state index contributed by atoms with van der Waals surface area (Å²) in [5.41, 5.74) is 0. The molecule has 0 spiro atoms. The van der Waals surface area contributed by atoms with Crippen LogP contribution >= 0.6 is 0 Å². The summed E-state index contributed by atoms with van der Waals surface area (Å²) in [6.45, 7) is 1.55. The van der Waals surface area contributed by atoms with Gasteiger partial charge >= 0.3 is 0 Å². The third kappa shape index (κ3) is 4.33. The van der Waals surface area contributed by atoms with Gasteiger partial charge in [-0.15, -0.1) is 0 Å². The zero-order valence-corrected chi connectivity index (χ0v) is 11.9. The van der Waals surface area contributed by atoms with E-state index in [2.05, 4.69) is 0 Å². The maximum absolute atomic E-state index is 12.0. The summed E-state index contributed by atoms with van der Waals surface area (Å²) < 4.78 is 24.0. The smallest absolute Gasteiger partial charge is 0.223 e. The third-order valence-corrected chi connectivity index (χ3v) is 4.74. The minimum absolute atomic E-state index is 0.0853. The highest BCUT2D eigenvalue weighted by atomic mass is 32.2. The topological polar surface area (TPSA) is 74.7 Å². The molecule has 19 heavy (non-hydrogen) atoms. The molecule has 1 aromatic carbocycles. The zero-order chi connectivity index (χ0) is 14.5. The van der Waals surface area contributed by atoms with Crippen molar-refractivity contribution >= 4 is 15.7 Å². The maximum Gasteiger partial charge on any atom is 0.223 e. The number of benzene rings is 1. The van der Waals surface area contributed by atoms with Crippen molar-refractivity contribution < 1.29 is 18.3 Å². The monoisotopic (exact) mass is 285 g/mol. The van der Waals surface area contributed by atoms with Crippen molar-refractivity contribution in [3.63, 3.8) is 0 Å². The van der Waals surface area contributed by atoms with Gasteiger partial charge in [0.15, 0.2) is 9.84 Å². The van der Waals surface area contributed by atoms with Crippen LogP contribution < -0.4 is 0 Å². The lowest BCUT2D eigenvalue weighted by molar-refractivity contribution is -0.131. The molecule has 1 aromatic rings. The molecule has 0 fully saturated rings. The fraction of sp³-hybridized carbons (Fsp3) is 0.462. The largest absolute Gasteiger partial charge is 0.394 e. The first-order chi connectivity index (χ1) is 8.88. The normalized spacial score (nSPS) is 13.0. The molecule has 1 unspecified atom stereocenters. The summed E-state index contributed by atoms with van der Waals surface area (Å²) in [4.78, 5) is 13.4. The van der Waals surface area contributed by atoms with Crippen LogP contribution in [0.3, 0.4) is 0 Å². The van der Waals surface area contributed by atoms with Gasteiger partial charge in [0.2, 0.25) is 5.91 Å². The molecule has 1 atom stereocenters. The molecule has 0 heterocycles. The summed E-state index contributed by atoms with van der Waals surface area (Å²) in [7, 11) is -1.88. The van der Waals surface area contributed by atoms with Gasteiger partial charge in [0.25, 0.3) is 0 Å². The molecular weight excluding hydrogens is 266 g/mol. The Hall–Kier alpha value is -1.40. The minimum Gasteiger partial charge on any atom is -0.394 e. The molecule has 0 saturated carbocycles. The summed E-state index contributed by atoms with van der Waals surface area (Å²) >= 11 is 0. The number of aliphatic hydroxyl groups is 1. The number of hydrogen-bond donors (Lipinski definition) is 1. The van der Waals surface area contributed by atoms with Crippen LogP contribution in [0.2, 0.25) is 0 Å². The molecule has 0 aliphatic rings. The summed E-state index contributed by atoms with van der Waals surface area (Å²) in [6, 6.07) is 7.75. The van der Waals surface area contributed by atoms with Gasteiger partial charge in [0, 0.05) is 13.5 Å². The second kappa shape index (κ2) is 6.68. The van der Waals surface area contributed by atoms with Gasteiger partial charge in [-0.1, -0.05) is 18.2 Å². The standard InChI is InChI=1S/C13H19NO4S/c1-11(10-15)14(2)13(16)8-9-19(17,18)12-6-4-3-5-7-12/h3-7,11,15H,8-10H2,1-2H3. The quantitative estimate of drug-likeness (QED) is 0.834. The maximum atomic E-state index is 12.0. The van der Waals surface area contributed by atoms with E-state index in [0.29, 0.717) is 0 Å². The van der Waals surface area contributed by atoms with Crippen LogP contribution in [0.5, 0.6) is 0 Å². The predicted octanol–water partition coefficient (Wildman–Crippen LogP) is 0.690. The Labute approximate surface area is 113 Å². The van der Waals surface area contributed by atoms with Gasteiger partial charge in [0.1, 0.15) is 0 Å². The Morgan fingerprint density at radius 3 is 2.42 bits per heavy atom. The molecule has 1 N–H and O–H groups in total. The molecular formula is C13H19NO4S. The number of nitrogens with zero attached hydrogens (tertiary/aromatic N) is 1. The Bertz CT molecular complexity index is 513. The first kappa shape index (κ1) is 15.7. The van der Waals surface area contributed by atoms with Crippen LogP contribution in [0.25, 0.3) is 0 Å². The van der Waals surface area contributed by atoms with Gasteiger partial charge in [-0.3, -0.25) is 4.79 Å². The summed E-state index contributed by atoms with van der Waals surface area (Å²) in [6.07, 6.45) is -0.0853. The van der Waals surface area contributed by atoms with E-state index < -0.39 is 9.84 Å². The number of hydrogen-bond acceptors (Lipinski definition) is 4. The van der Waals surface area contributed by atoms with Crippen molar-refractivity contribution in [1.29, 1.82) is 0 Å². The van der Waals surface area contributed by atoms with E-state index in [9.17, 15) is 13.2 Å². The first-order valence-electron chi connectivity index (χ1n) is 6.03. The lowest BCUT2D eigenvalue weighted by atomic mass is 10.3. The molecule has 0 radical (unpaired) electrons. The Kier molecular flexibility index (Phi) is 5.50. The second-order valence-electron chi connectivity index (χ2n) is 4.42. The van der Waals surface area contributed by atoms with E-state index in [1.807, 2.05) is 0 Å². The van der Waals surface area contributed by atoms with Crippen molar-refractivity contribution in [2.75, 3.05) is 19.4 Å². The SMILES string of the molecule is CC(CO)N(C)C(=O)CCS(=O)(=O)c1ccccc1. The lowest BCUT2D eigenvalue weighted by Gasteiger charge is -2.23. The van der Waals surface area contributed by atoms with E-state index in [-0.39, 0.29) is 35.6 Å². The van der Waals surface area contributed by atoms with Crippen LogP contribution in [0, 0.1) is 0 Å². The Balaban J connectivity index is 2.65. The van der Waals surface area contributed by atoms with Gasteiger partial charge in [-0.25, -0.2) is 8.42 Å². The molecule has 5 nitrogen and oxygen atoms in total. The van der Waals surface area contributed by atoms with Gasteiger partial charge < -0.3 is 10.0 Å². The highest BCUT2D eigenvalue weighted by Gasteiger charge is 2.20. The highest BCUT2D eigenvalue weighted by molar-refractivity contribution is 7.91. The van der Waals surface area contributed by atoms with Gasteiger partial charge in [-0.05, 0) is 19.1 Å². The molecule has 1 rings (SSSR count). The number of amides is 1. The number of carbonyl (C=O) groups excluding carboxylic acids is 1. The van der Waals surface area contributed by atoms with Crippen LogP contribution in [-0.4, -0.2) is 49.8 Å². The average molecular weight is 285 g/mol. The number of rotatable bonds is 6. The molecule has 6 heteroatoms. The van der Waals surface area contributed by atoms with Gasteiger partial charge in [-0.2, -0.15) is 0 Å². The predicted molar refractivity (Wildman–Crippen MR) is 72.4 cm³/mol. The highest BCUT2D eigenvalue weighted by Crippen LogP contribution is 2.12. The number of likely N-dealkylation sites (N-methyl/N-ethyl adjacent to an activating group) is 1.